The van der Waals surface area contributed by atoms with Gasteiger partial charge < -0.3 is 100 Å². The normalized spacial score (nSPS) is 13.0. The van der Waals surface area contributed by atoms with E-state index in [9.17, 15) is 151 Å². The Labute approximate surface area is 811 Å². The van der Waals surface area contributed by atoms with Crippen molar-refractivity contribution in [3.63, 3.8) is 0 Å². The zero-order valence-corrected chi connectivity index (χ0v) is 83.2. The van der Waals surface area contributed by atoms with Gasteiger partial charge in [0.1, 0.15) is 45.2 Å². The van der Waals surface area contributed by atoms with Crippen LogP contribution < -0.4 is 139 Å². The molecule has 0 bridgehead atoms. The molecule has 8 atom stereocenters. The van der Waals surface area contributed by atoms with Crippen molar-refractivity contribution in [3.8, 4) is 0 Å². The van der Waals surface area contributed by atoms with Crippen LogP contribution in [0.25, 0.3) is 0 Å². The average Bonchev–Trinajstić information content (AvgIpc) is 0.847. The molecule has 12 N–H and O–H groups in total. The van der Waals surface area contributed by atoms with Gasteiger partial charge in [-0.15, -0.1) is 0 Å². The summed E-state index contributed by atoms with van der Waals surface area (Å²) in [6.45, 7) is 7.60. The zero-order chi connectivity index (χ0) is 93.3. The molecular formula is C72H120N4Na4O40S4. The Kier molecular flexibility index (Phi) is 81.3. The fraction of sp³-hybridized carbons (Fsp3) is 0.778. The molecule has 0 aliphatic heterocycles. The summed E-state index contributed by atoms with van der Waals surface area (Å²) in [4.78, 5) is 186. The third-order valence-electron chi connectivity index (χ3n) is 18.3. The zero-order valence-electron chi connectivity index (χ0n) is 72.0. The van der Waals surface area contributed by atoms with Crippen LogP contribution >= 0.6 is 0 Å². The van der Waals surface area contributed by atoms with Gasteiger partial charge in [-0.3, -0.25) is 56.6 Å². The summed E-state index contributed by atoms with van der Waals surface area (Å²) in [7, 11) is -20.7. The number of carbonyl (C=O) groups is 16. The molecular weight excluding hydrogens is 1780 g/mol. The van der Waals surface area contributed by atoms with Crippen LogP contribution in [0.1, 0.15) is 285 Å². The van der Waals surface area contributed by atoms with Crippen molar-refractivity contribution in [2.45, 2.75) is 330 Å². The van der Waals surface area contributed by atoms with Crippen molar-refractivity contribution in [1.29, 1.82) is 0 Å². The van der Waals surface area contributed by atoms with Crippen LogP contribution in [0.3, 0.4) is 0 Å². The van der Waals surface area contributed by atoms with Crippen LogP contribution in [-0.4, -0.2) is 279 Å². The summed E-state index contributed by atoms with van der Waals surface area (Å²) < 4.78 is 125. The van der Waals surface area contributed by atoms with Gasteiger partial charge >= 0.3 is 166 Å². The topological polar surface area (TPSA) is 758 Å². The minimum atomic E-state index is -5.18. The number of nitrogens with zero attached hydrogens (tertiary/aromatic N) is 4. The van der Waals surface area contributed by atoms with E-state index >= 15 is 0 Å². The van der Waals surface area contributed by atoms with Gasteiger partial charge in [-0.2, -0.15) is 33.7 Å². The first-order valence-corrected chi connectivity index (χ1v) is 45.3. The van der Waals surface area contributed by atoms with Crippen molar-refractivity contribution in [3.05, 3.63) is 0 Å². The first-order chi connectivity index (χ1) is 55.6. The number of unbranched alkanes of at least 4 members (excludes halogenated alkanes) is 28. The van der Waals surface area contributed by atoms with E-state index in [-0.39, 0.29) is 144 Å². The van der Waals surface area contributed by atoms with Gasteiger partial charge in [0.25, 0.3) is 40.5 Å². The largest absolute Gasteiger partial charge is 1.00 e. The fourth-order valence-corrected chi connectivity index (χ4v) is 14.2. The average molecular weight is 1900 g/mol. The molecule has 0 saturated carbocycles. The van der Waals surface area contributed by atoms with E-state index in [1.165, 1.54) is 0 Å². The van der Waals surface area contributed by atoms with Gasteiger partial charge in [0, 0.05) is 26.2 Å². The van der Waals surface area contributed by atoms with Crippen molar-refractivity contribution < 1.29 is 308 Å². The second-order valence-corrected chi connectivity index (χ2v) is 34.6. The van der Waals surface area contributed by atoms with E-state index in [0.29, 0.717) is 71.0 Å². The predicted octanol–water partition coefficient (Wildman–Crippen LogP) is -10.9. The molecule has 0 aromatic heterocycles. The van der Waals surface area contributed by atoms with Crippen LogP contribution in [0.15, 0.2) is 0 Å². The summed E-state index contributed by atoms with van der Waals surface area (Å²) in [6, 6.07) is -7.21. The van der Waals surface area contributed by atoms with Crippen molar-refractivity contribution in [1.82, 2.24) is 19.6 Å². The maximum Gasteiger partial charge on any atom is 1.00 e. The summed E-state index contributed by atoms with van der Waals surface area (Å²) in [5.74, 6) is -26.2. The third kappa shape index (κ3) is 65.7. The van der Waals surface area contributed by atoms with Gasteiger partial charge in [-0.25, -0.2) is 19.2 Å². The molecule has 52 heteroatoms. The van der Waals surface area contributed by atoms with Crippen LogP contribution in [0.5, 0.6) is 0 Å². The van der Waals surface area contributed by atoms with E-state index < -0.39 is 232 Å². The predicted molar refractivity (Wildman–Crippen MR) is 412 cm³/mol. The molecule has 4 amide bonds. The van der Waals surface area contributed by atoms with Crippen LogP contribution in [0.2, 0.25) is 0 Å². The number of amides is 4. The minimum Gasteiger partial charge on any atom is -0.549 e. The summed E-state index contributed by atoms with van der Waals surface area (Å²) in [5.41, 5.74) is 0. The van der Waals surface area contributed by atoms with Crippen LogP contribution in [-0.2, 0) is 117 Å². The molecule has 8 unspecified atom stereocenters. The smallest absolute Gasteiger partial charge is 0.549 e. The first-order valence-electron chi connectivity index (χ1n) is 39.3. The summed E-state index contributed by atoms with van der Waals surface area (Å²) >= 11 is 0. The molecule has 0 fully saturated rings. The monoisotopic (exact) mass is 1900 g/mol. The summed E-state index contributed by atoms with van der Waals surface area (Å²) in [5, 5.41) is 107. The Morgan fingerprint density at radius 3 is 0.444 bits per heavy atom. The van der Waals surface area contributed by atoms with Crippen LogP contribution in [0.4, 0.5) is 0 Å². The SMILES string of the molecule is CCCCCCCCCCN(C(=O)CC(C(=O)[O-])S(=O)(=O)O)C(CC(=O)O)C(=O)O.CCCCCCCCCCN(C(=O)CC(C(=O)[O-])S(=O)(=O)O)C(CC(=O)O)C(=O)O.CCCCCCCCCCN(C(=O)CC(C(=O)[O-])S(=O)(=O)O)C(CC(=O)O)C(=O)O.CCCCCCCCCCN(C(=O)CC(C(=O)[O-])S(=O)(=O)O)C(CC(=O)O)C(=O)O.[Na+].[Na+].[Na+].[Na+]. The van der Waals surface area contributed by atoms with E-state index in [0.717, 1.165) is 154 Å². The van der Waals surface area contributed by atoms with Crippen molar-refractivity contribution in [2.75, 3.05) is 26.2 Å². The first kappa shape index (κ1) is 135. The van der Waals surface area contributed by atoms with Gasteiger partial charge in [-0.1, -0.05) is 207 Å². The quantitative estimate of drug-likeness (QED) is 0.0153. The summed E-state index contributed by atoms with van der Waals surface area (Å²) in [6.07, 6.45) is 19.5. The van der Waals surface area contributed by atoms with E-state index in [1.807, 2.05) is 0 Å². The van der Waals surface area contributed by atoms with E-state index in [4.69, 9.17) is 38.6 Å². The fourth-order valence-electron chi connectivity index (χ4n) is 11.8. The molecule has 0 saturated heterocycles. The molecule has 0 aliphatic carbocycles. The van der Waals surface area contributed by atoms with Gasteiger partial charge in [0.2, 0.25) is 23.6 Å². The standard InChI is InChI=1S/4C18H31NO10S.4Na/c4*1-2-3-4-5-6-7-8-9-10-19(13(17(23)24)11-16(21)22)15(20)12-14(18(25)26)30(27,28)29;;;;/h4*13-14H,2-12H2,1H3,(H,21,22)(H,23,24)(H,25,26)(H,27,28,29);;;;/q;;;;4*+1/p-4. The number of carbonyl (C=O) groups excluding carboxylic acids is 8. The molecule has 696 valence electrons. The Hall–Kier alpha value is -4.84. The Morgan fingerprint density at radius 2 is 0.347 bits per heavy atom. The number of rotatable bonds is 68. The molecule has 0 aliphatic rings. The number of hydrogen-bond acceptors (Lipinski definition) is 28. The molecule has 0 aromatic carbocycles. The molecule has 0 aromatic rings. The number of hydrogen-bond donors (Lipinski definition) is 12. The van der Waals surface area contributed by atoms with Crippen molar-refractivity contribution >= 4 is 136 Å². The second-order valence-electron chi connectivity index (χ2n) is 28.2. The molecule has 0 spiro atoms. The van der Waals surface area contributed by atoms with Gasteiger partial charge in [0.15, 0.2) is 0 Å². The molecule has 0 radical (unpaired) electrons. The number of aliphatic carboxylic acids is 12. The molecule has 0 heterocycles. The number of carboxylic acid groups (broad SMARTS) is 12. The van der Waals surface area contributed by atoms with Crippen LogP contribution in [0, 0.1) is 0 Å². The van der Waals surface area contributed by atoms with Gasteiger partial charge in [-0.05, 0) is 25.7 Å². The Morgan fingerprint density at radius 1 is 0.226 bits per heavy atom. The molecule has 124 heavy (non-hydrogen) atoms. The van der Waals surface area contributed by atoms with E-state index in [1.54, 1.807) is 0 Å². The van der Waals surface area contributed by atoms with Gasteiger partial charge in [0.05, 0.1) is 75.2 Å². The molecule has 0 rings (SSSR count). The Balaban J connectivity index is -0.000000239. The third-order valence-corrected chi connectivity index (χ3v) is 22.7. The minimum absolute atomic E-state index is 0. The Bertz CT molecular complexity index is 3260. The maximum absolute atomic E-state index is 12.5. The molecule has 44 nitrogen and oxygen atoms in total. The maximum atomic E-state index is 12.5. The van der Waals surface area contributed by atoms with E-state index in [2.05, 4.69) is 27.7 Å². The van der Waals surface area contributed by atoms with Crippen molar-refractivity contribution in [2.24, 2.45) is 0 Å². The number of carboxylic acids is 12. The second kappa shape index (κ2) is 74.9.